The van der Waals surface area contributed by atoms with Crippen molar-refractivity contribution in [1.82, 2.24) is 0 Å². The van der Waals surface area contributed by atoms with Crippen LogP contribution in [0.15, 0.2) is 18.2 Å². The number of carbonyl (C=O) groups excluding carboxylic acids is 1. The van der Waals surface area contributed by atoms with Crippen LogP contribution in [0.5, 0.6) is 5.75 Å². The van der Waals surface area contributed by atoms with Crippen LogP contribution < -0.4 is 15.4 Å². The Hall–Kier alpha value is -1.71. The maximum Gasteiger partial charge on any atom is 0.230 e. The third kappa shape index (κ3) is 1.83. The Morgan fingerprint density at radius 3 is 2.81 bits per heavy atom. The minimum Gasteiger partial charge on any atom is -0.485 e. The van der Waals surface area contributed by atoms with Gasteiger partial charge in [-0.1, -0.05) is 0 Å². The Balaban J connectivity index is 2.54. The van der Waals surface area contributed by atoms with Crippen molar-refractivity contribution in [2.45, 2.75) is 25.9 Å². The van der Waals surface area contributed by atoms with Crippen LogP contribution in [0, 0.1) is 0 Å². The van der Waals surface area contributed by atoms with Crippen LogP contribution >= 0.6 is 0 Å². The molecule has 0 radical (unpaired) electrons. The number of hydrogen-bond acceptors (Lipinski definition) is 3. The SMILES string of the molecule is CN1C(=O)CC(C)(C)Oc2cc(N)ccc21. The van der Waals surface area contributed by atoms with E-state index in [0.29, 0.717) is 17.9 Å². The quantitative estimate of drug-likeness (QED) is 0.678. The van der Waals surface area contributed by atoms with E-state index in [9.17, 15) is 4.79 Å². The molecule has 1 aliphatic rings. The summed E-state index contributed by atoms with van der Waals surface area (Å²) in [6.45, 7) is 3.80. The molecule has 0 saturated carbocycles. The van der Waals surface area contributed by atoms with Gasteiger partial charge < -0.3 is 15.4 Å². The van der Waals surface area contributed by atoms with E-state index in [1.807, 2.05) is 19.9 Å². The predicted molar refractivity (Wildman–Crippen MR) is 63.6 cm³/mol. The summed E-state index contributed by atoms with van der Waals surface area (Å²) in [6.07, 6.45) is 0.359. The molecule has 2 rings (SSSR count). The lowest BCUT2D eigenvalue weighted by Gasteiger charge is -2.23. The molecule has 0 saturated heterocycles. The fourth-order valence-corrected chi connectivity index (χ4v) is 1.84. The molecule has 0 unspecified atom stereocenters. The first-order chi connectivity index (χ1) is 7.39. The molecule has 0 spiro atoms. The maximum atomic E-state index is 11.9. The number of nitrogen functional groups attached to an aromatic ring is 1. The van der Waals surface area contributed by atoms with E-state index in [-0.39, 0.29) is 5.91 Å². The summed E-state index contributed by atoms with van der Waals surface area (Å²) in [4.78, 5) is 13.5. The van der Waals surface area contributed by atoms with Crippen molar-refractivity contribution in [3.05, 3.63) is 18.2 Å². The molecular weight excluding hydrogens is 204 g/mol. The van der Waals surface area contributed by atoms with Gasteiger partial charge in [0, 0.05) is 18.8 Å². The van der Waals surface area contributed by atoms with Gasteiger partial charge in [0.05, 0.1) is 12.1 Å². The maximum absolute atomic E-state index is 11.9. The van der Waals surface area contributed by atoms with Gasteiger partial charge in [0.2, 0.25) is 5.91 Å². The predicted octanol–water partition coefficient (Wildman–Crippen LogP) is 1.79. The second kappa shape index (κ2) is 3.40. The third-order valence-electron chi connectivity index (χ3n) is 2.68. The van der Waals surface area contributed by atoms with Crippen LogP contribution in [0.2, 0.25) is 0 Å². The lowest BCUT2D eigenvalue weighted by atomic mass is 10.1. The number of nitrogens with two attached hydrogens (primary N) is 1. The van der Waals surface area contributed by atoms with Crippen molar-refractivity contribution < 1.29 is 9.53 Å². The molecule has 1 aromatic rings. The van der Waals surface area contributed by atoms with E-state index in [1.165, 1.54) is 0 Å². The number of carbonyl (C=O) groups is 1. The summed E-state index contributed by atoms with van der Waals surface area (Å²) in [7, 11) is 1.75. The number of fused-ring (bicyclic) bond motifs is 1. The van der Waals surface area contributed by atoms with Crippen LogP contribution in [-0.2, 0) is 4.79 Å². The molecule has 0 aromatic heterocycles. The number of amides is 1. The van der Waals surface area contributed by atoms with Crippen LogP contribution in [-0.4, -0.2) is 18.6 Å². The highest BCUT2D eigenvalue weighted by atomic mass is 16.5. The Labute approximate surface area is 95.0 Å². The molecule has 0 bridgehead atoms. The monoisotopic (exact) mass is 220 g/mol. The van der Waals surface area contributed by atoms with Gasteiger partial charge in [-0.15, -0.1) is 0 Å². The van der Waals surface area contributed by atoms with E-state index in [0.717, 1.165) is 5.69 Å². The Morgan fingerprint density at radius 2 is 2.12 bits per heavy atom. The van der Waals surface area contributed by atoms with Gasteiger partial charge in [0.1, 0.15) is 11.4 Å². The number of nitrogens with zero attached hydrogens (tertiary/aromatic N) is 1. The smallest absolute Gasteiger partial charge is 0.230 e. The Kier molecular flexibility index (Phi) is 2.30. The van der Waals surface area contributed by atoms with Crippen molar-refractivity contribution >= 4 is 17.3 Å². The standard InChI is InChI=1S/C12H16N2O2/c1-12(2)7-11(15)14(3)9-5-4-8(13)6-10(9)16-12/h4-6H,7,13H2,1-3H3. The first-order valence-electron chi connectivity index (χ1n) is 5.24. The summed E-state index contributed by atoms with van der Waals surface area (Å²) < 4.78 is 5.82. The minimum absolute atomic E-state index is 0.0496. The lowest BCUT2D eigenvalue weighted by molar-refractivity contribution is -0.120. The molecule has 1 aliphatic heterocycles. The van der Waals surface area contributed by atoms with E-state index < -0.39 is 5.60 Å². The number of ether oxygens (including phenoxy) is 1. The number of rotatable bonds is 0. The van der Waals surface area contributed by atoms with Gasteiger partial charge in [-0.2, -0.15) is 0 Å². The molecular formula is C12H16N2O2. The lowest BCUT2D eigenvalue weighted by Crippen LogP contribution is -2.34. The highest BCUT2D eigenvalue weighted by Crippen LogP contribution is 2.36. The molecule has 86 valence electrons. The molecule has 4 nitrogen and oxygen atoms in total. The zero-order valence-corrected chi connectivity index (χ0v) is 9.78. The fourth-order valence-electron chi connectivity index (χ4n) is 1.84. The van der Waals surface area contributed by atoms with Gasteiger partial charge in [0.15, 0.2) is 0 Å². The van der Waals surface area contributed by atoms with Crippen LogP contribution in [0.1, 0.15) is 20.3 Å². The van der Waals surface area contributed by atoms with E-state index in [1.54, 1.807) is 24.1 Å². The Morgan fingerprint density at radius 1 is 1.44 bits per heavy atom. The molecule has 0 atom stereocenters. The number of anilines is 2. The summed E-state index contributed by atoms with van der Waals surface area (Å²) >= 11 is 0. The van der Waals surface area contributed by atoms with Crippen molar-refractivity contribution in [2.75, 3.05) is 17.7 Å². The van der Waals surface area contributed by atoms with Gasteiger partial charge in [0.25, 0.3) is 0 Å². The summed E-state index contributed by atoms with van der Waals surface area (Å²) in [6, 6.07) is 5.33. The van der Waals surface area contributed by atoms with E-state index >= 15 is 0 Å². The average molecular weight is 220 g/mol. The van der Waals surface area contributed by atoms with Crippen molar-refractivity contribution in [2.24, 2.45) is 0 Å². The first kappa shape index (κ1) is 10.8. The molecule has 1 amide bonds. The van der Waals surface area contributed by atoms with E-state index in [4.69, 9.17) is 10.5 Å². The van der Waals surface area contributed by atoms with Crippen LogP contribution in [0.25, 0.3) is 0 Å². The summed E-state index contributed by atoms with van der Waals surface area (Å²) in [5, 5.41) is 0. The van der Waals surface area contributed by atoms with Gasteiger partial charge >= 0.3 is 0 Å². The molecule has 2 N–H and O–H groups in total. The van der Waals surface area contributed by atoms with Crippen LogP contribution in [0.4, 0.5) is 11.4 Å². The molecule has 0 aliphatic carbocycles. The fraction of sp³-hybridized carbons (Fsp3) is 0.417. The molecule has 0 fully saturated rings. The molecule has 1 aromatic carbocycles. The summed E-state index contributed by atoms with van der Waals surface area (Å²) in [5.74, 6) is 0.715. The van der Waals surface area contributed by atoms with Crippen LogP contribution in [0.3, 0.4) is 0 Å². The minimum atomic E-state index is -0.496. The summed E-state index contributed by atoms with van der Waals surface area (Å²) in [5.41, 5.74) is 6.63. The molecule has 1 heterocycles. The topological polar surface area (TPSA) is 55.6 Å². The largest absolute Gasteiger partial charge is 0.485 e. The molecule has 4 heteroatoms. The average Bonchev–Trinajstić information content (AvgIpc) is 2.22. The van der Waals surface area contributed by atoms with Crippen molar-refractivity contribution in [3.8, 4) is 5.75 Å². The number of benzene rings is 1. The second-order valence-electron chi connectivity index (χ2n) is 4.72. The van der Waals surface area contributed by atoms with Crippen molar-refractivity contribution in [3.63, 3.8) is 0 Å². The zero-order valence-electron chi connectivity index (χ0n) is 9.78. The van der Waals surface area contributed by atoms with Gasteiger partial charge in [-0.05, 0) is 26.0 Å². The molecule has 16 heavy (non-hydrogen) atoms. The third-order valence-corrected chi connectivity index (χ3v) is 2.68. The highest BCUT2D eigenvalue weighted by Gasteiger charge is 2.32. The second-order valence-corrected chi connectivity index (χ2v) is 4.72. The zero-order chi connectivity index (χ0) is 11.9. The first-order valence-corrected chi connectivity index (χ1v) is 5.24. The Bertz CT molecular complexity index is 441. The van der Waals surface area contributed by atoms with Gasteiger partial charge in [-0.3, -0.25) is 4.79 Å². The normalized spacial score (nSPS) is 18.7. The van der Waals surface area contributed by atoms with E-state index in [2.05, 4.69) is 0 Å². The number of hydrogen-bond donors (Lipinski definition) is 1. The highest BCUT2D eigenvalue weighted by molar-refractivity contribution is 5.96. The van der Waals surface area contributed by atoms with Gasteiger partial charge in [-0.25, -0.2) is 0 Å². The van der Waals surface area contributed by atoms with Crippen molar-refractivity contribution in [1.29, 1.82) is 0 Å².